The Balaban J connectivity index is 0.00000289. The highest BCUT2D eigenvalue weighted by Crippen LogP contribution is 2.22. The van der Waals surface area contributed by atoms with Gasteiger partial charge in [-0.15, -0.1) is 24.0 Å². The highest BCUT2D eigenvalue weighted by molar-refractivity contribution is 14.0. The molecule has 1 fully saturated rings. The van der Waals surface area contributed by atoms with Crippen LogP contribution >= 0.6 is 24.0 Å². The van der Waals surface area contributed by atoms with Crippen molar-refractivity contribution < 1.29 is 4.79 Å². The molecule has 2 aliphatic rings. The standard InChI is InChI=1S/C25H31N5O.HI/c1-2-26-25(28-19-21-7-5-8-23(17-21)29-14-3-4-15-29)27-18-20-10-12-22(13-11-20)30-16-6-9-24(30)31;/h3-5,7-8,10-13,17H,2,6,9,14-16,18-19H2,1H3,(H2,26,27,28);1H. The zero-order valence-electron chi connectivity index (χ0n) is 18.6. The lowest BCUT2D eigenvalue weighted by Crippen LogP contribution is -2.36. The third-order valence-electron chi connectivity index (χ3n) is 5.64. The highest BCUT2D eigenvalue weighted by atomic mass is 127. The molecular formula is C25H32IN5O. The summed E-state index contributed by atoms with van der Waals surface area (Å²) in [5.41, 5.74) is 4.58. The van der Waals surface area contributed by atoms with Crippen LogP contribution in [0.3, 0.4) is 0 Å². The Kier molecular flexibility index (Phi) is 8.96. The first-order valence-corrected chi connectivity index (χ1v) is 11.1. The predicted octanol–water partition coefficient (Wildman–Crippen LogP) is 4.06. The van der Waals surface area contributed by atoms with Crippen molar-refractivity contribution in [1.29, 1.82) is 0 Å². The third kappa shape index (κ3) is 6.25. The lowest BCUT2D eigenvalue weighted by molar-refractivity contribution is -0.117. The fourth-order valence-electron chi connectivity index (χ4n) is 3.95. The Morgan fingerprint density at radius 3 is 2.47 bits per heavy atom. The summed E-state index contributed by atoms with van der Waals surface area (Å²) in [7, 11) is 0. The molecule has 2 aromatic carbocycles. The summed E-state index contributed by atoms with van der Waals surface area (Å²) in [6.45, 7) is 6.95. The van der Waals surface area contributed by atoms with Crippen LogP contribution in [0.15, 0.2) is 65.7 Å². The second-order valence-electron chi connectivity index (χ2n) is 7.91. The zero-order valence-corrected chi connectivity index (χ0v) is 20.9. The van der Waals surface area contributed by atoms with Crippen LogP contribution in [0.1, 0.15) is 30.9 Å². The number of anilines is 2. The molecule has 2 heterocycles. The lowest BCUT2D eigenvalue weighted by atomic mass is 10.2. The maximum absolute atomic E-state index is 11.9. The summed E-state index contributed by atoms with van der Waals surface area (Å²) >= 11 is 0. The molecule has 0 unspecified atom stereocenters. The van der Waals surface area contributed by atoms with Crippen molar-refractivity contribution in [2.45, 2.75) is 32.9 Å². The van der Waals surface area contributed by atoms with Gasteiger partial charge in [-0.05, 0) is 48.7 Å². The van der Waals surface area contributed by atoms with Gasteiger partial charge in [0, 0.05) is 50.5 Å². The fourth-order valence-corrected chi connectivity index (χ4v) is 3.95. The fraction of sp³-hybridized carbons (Fsp3) is 0.360. The van der Waals surface area contributed by atoms with Gasteiger partial charge in [0.2, 0.25) is 5.91 Å². The molecular weight excluding hydrogens is 513 g/mol. The van der Waals surface area contributed by atoms with E-state index in [2.05, 4.69) is 71.0 Å². The lowest BCUT2D eigenvalue weighted by Gasteiger charge is -2.18. The Bertz CT molecular complexity index is 949. The minimum absolute atomic E-state index is 0. The van der Waals surface area contributed by atoms with E-state index < -0.39 is 0 Å². The Morgan fingerprint density at radius 2 is 1.78 bits per heavy atom. The van der Waals surface area contributed by atoms with Crippen LogP contribution in [-0.2, 0) is 17.9 Å². The monoisotopic (exact) mass is 545 g/mol. The highest BCUT2D eigenvalue weighted by Gasteiger charge is 2.21. The maximum Gasteiger partial charge on any atom is 0.227 e. The van der Waals surface area contributed by atoms with E-state index in [-0.39, 0.29) is 29.9 Å². The van der Waals surface area contributed by atoms with Crippen LogP contribution in [0.4, 0.5) is 11.4 Å². The van der Waals surface area contributed by atoms with E-state index in [0.29, 0.717) is 19.5 Å². The average molecular weight is 545 g/mol. The van der Waals surface area contributed by atoms with Crippen molar-refractivity contribution in [1.82, 2.24) is 10.6 Å². The van der Waals surface area contributed by atoms with Crippen LogP contribution < -0.4 is 20.4 Å². The summed E-state index contributed by atoms with van der Waals surface area (Å²) in [5, 5.41) is 6.73. The molecule has 0 spiro atoms. The molecule has 1 saturated heterocycles. The van der Waals surface area contributed by atoms with Gasteiger partial charge in [-0.3, -0.25) is 4.79 Å². The van der Waals surface area contributed by atoms with Crippen molar-refractivity contribution >= 4 is 47.2 Å². The van der Waals surface area contributed by atoms with Crippen LogP contribution in [0.5, 0.6) is 0 Å². The molecule has 1 amide bonds. The molecule has 32 heavy (non-hydrogen) atoms. The van der Waals surface area contributed by atoms with Gasteiger partial charge in [0.05, 0.1) is 6.54 Å². The largest absolute Gasteiger partial charge is 0.364 e. The normalized spacial score (nSPS) is 15.8. The number of aliphatic imine (C=N–C) groups is 1. The van der Waals surface area contributed by atoms with E-state index in [1.54, 1.807) is 0 Å². The van der Waals surface area contributed by atoms with Gasteiger partial charge < -0.3 is 20.4 Å². The number of hydrogen-bond acceptors (Lipinski definition) is 3. The minimum atomic E-state index is 0. The van der Waals surface area contributed by atoms with E-state index in [1.807, 2.05) is 17.0 Å². The number of benzene rings is 2. The van der Waals surface area contributed by atoms with Gasteiger partial charge in [-0.25, -0.2) is 4.99 Å². The average Bonchev–Trinajstić information content (AvgIpc) is 3.48. The number of amides is 1. The van der Waals surface area contributed by atoms with Gasteiger partial charge in [0.25, 0.3) is 0 Å². The molecule has 170 valence electrons. The molecule has 0 radical (unpaired) electrons. The molecule has 2 aliphatic heterocycles. The van der Waals surface area contributed by atoms with Crippen molar-refractivity contribution in [2.24, 2.45) is 4.99 Å². The van der Waals surface area contributed by atoms with Gasteiger partial charge >= 0.3 is 0 Å². The molecule has 0 saturated carbocycles. The van der Waals surface area contributed by atoms with E-state index in [9.17, 15) is 4.79 Å². The van der Waals surface area contributed by atoms with E-state index >= 15 is 0 Å². The van der Waals surface area contributed by atoms with Crippen molar-refractivity contribution in [3.05, 3.63) is 71.8 Å². The van der Waals surface area contributed by atoms with Gasteiger partial charge in [0.1, 0.15) is 0 Å². The molecule has 4 rings (SSSR count). The van der Waals surface area contributed by atoms with E-state index in [4.69, 9.17) is 4.99 Å². The van der Waals surface area contributed by atoms with Gasteiger partial charge in [-0.2, -0.15) is 0 Å². The molecule has 0 aromatic heterocycles. The second-order valence-corrected chi connectivity index (χ2v) is 7.91. The second kappa shape index (κ2) is 11.9. The summed E-state index contributed by atoms with van der Waals surface area (Å²) in [4.78, 5) is 20.9. The molecule has 0 bridgehead atoms. The quantitative estimate of drug-likeness (QED) is 0.239. The maximum atomic E-state index is 11.9. The van der Waals surface area contributed by atoms with Crippen molar-refractivity contribution in [2.75, 3.05) is 36.0 Å². The number of guanidine groups is 1. The van der Waals surface area contributed by atoms with E-state index in [0.717, 1.165) is 49.8 Å². The first kappa shape index (κ1) is 24.1. The molecule has 6 nitrogen and oxygen atoms in total. The van der Waals surface area contributed by atoms with Crippen molar-refractivity contribution in [3.8, 4) is 0 Å². The molecule has 2 aromatic rings. The third-order valence-corrected chi connectivity index (χ3v) is 5.64. The molecule has 7 heteroatoms. The van der Waals surface area contributed by atoms with Crippen LogP contribution in [0.25, 0.3) is 0 Å². The van der Waals surface area contributed by atoms with Crippen LogP contribution in [0, 0.1) is 0 Å². The summed E-state index contributed by atoms with van der Waals surface area (Å²) in [6, 6.07) is 16.8. The van der Waals surface area contributed by atoms with Crippen LogP contribution in [-0.4, -0.2) is 38.0 Å². The first-order valence-electron chi connectivity index (χ1n) is 11.1. The SMILES string of the molecule is CCNC(=NCc1cccc(N2CC=CC2)c1)NCc1ccc(N2CCCC2=O)cc1.I. The number of rotatable bonds is 7. The number of halogens is 1. The van der Waals surface area contributed by atoms with Gasteiger partial charge in [0.15, 0.2) is 5.96 Å². The Labute approximate surface area is 207 Å². The predicted molar refractivity (Wildman–Crippen MR) is 143 cm³/mol. The Morgan fingerprint density at radius 1 is 1.00 bits per heavy atom. The smallest absolute Gasteiger partial charge is 0.227 e. The topological polar surface area (TPSA) is 60.0 Å². The van der Waals surface area contributed by atoms with Crippen LogP contribution in [0.2, 0.25) is 0 Å². The number of nitrogens with one attached hydrogen (secondary N) is 2. The van der Waals surface area contributed by atoms with E-state index in [1.165, 1.54) is 11.3 Å². The number of carbonyl (C=O) groups excluding carboxylic acids is 1. The number of hydrogen-bond donors (Lipinski definition) is 2. The molecule has 0 atom stereocenters. The minimum Gasteiger partial charge on any atom is -0.364 e. The summed E-state index contributed by atoms with van der Waals surface area (Å²) in [5.74, 6) is 1.02. The van der Waals surface area contributed by atoms with Crippen molar-refractivity contribution in [3.63, 3.8) is 0 Å². The molecule has 2 N–H and O–H groups in total. The first-order chi connectivity index (χ1) is 15.2. The zero-order chi connectivity index (χ0) is 21.5. The summed E-state index contributed by atoms with van der Waals surface area (Å²) < 4.78 is 0. The Hall–Kier alpha value is -2.55. The number of nitrogens with zero attached hydrogens (tertiary/aromatic N) is 3. The summed E-state index contributed by atoms with van der Waals surface area (Å²) in [6.07, 6.45) is 6.01. The molecule has 0 aliphatic carbocycles. The van der Waals surface area contributed by atoms with Gasteiger partial charge in [-0.1, -0.05) is 36.4 Å². The number of carbonyl (C=O) groups is 1.